The standard InChI is InChI=1S/C23H25F2NO6/c1-23(26-21(28)8-9-27)11-19(14-2-4-15(24)5-3-14)32-20(12-23)17-7-6-16(25)10-18(17)31-13-22(29)30/h2-7,10,19-20,27H,8-9,11-13H2,1H3,(H,26,28)(H,29,30)/t19-,20+,23+/m0/s1. The molecule has 1 heterocycles. The lowest BCUT2D eigenvalue weighted by Gasteiger charge is -2.43. The highest BCUT2D eigenvalue weighted by Gasteiger charge is 2.41. The van der Waals surface area contributed by atoms with Crippen molar-refractivity contribution >= 4 is 11.9 Å². The van der Waals surface area contributed by atoms with Crippen LogP contribution < -0.4 is 10.1 Å². The van der Waals surface area contributed by atoms with Gasteiger partial charge in [-0.1, -0.05) is 12.1 Å². The smallest absolute Gasteiger partial charge is 0.341 e. The monoisotopic (exact) mass is 449 g/mol. The predicted molar refractivity (Wildman–Crippen MR) is 110 cm³/mol. The number of amides is 1. The summed E-state index contributed by atoms with van der Waals surface area (Å²) < 4.78 is 38.8. The number of aliphatic hydroxyl groups excluding tert-OH is 1. The molecule has 1 aliphatic heterocycles. The maximum atomic E-state index is 13.8. The van der Waals surface area contributed by atoms with Crippen molar-refractivity contribution in [2.45, 2.75) is 43.9 Å². The molecule has 3 rings (SSSR count). The third-order valence-corrected chi connectivity index (χ3v) is 5.30. The minimum absolute atomic E-state index is 0.0289. The molecule has 0 aromatic heterocycles. The van der Waals surface area contributed by atoms with Crippen LogP contribution in [0.2, 0.25) is 0 Å². The molecular formula is C23H25F2NO6. The van der Waals surface area contributed by atoms with E-state index < -0.39 is 42.0 Å². The number of ether oxygens (including phenoxy) is 2. The second-order valence-corrected chi connectivity index (χ2v) is 8.02. The average molecular weight is 449 g/mol. The molecule has 172 valence electrons. The molecule has 1 saturated heterocycles. The van der Waals surface area contributed by atoms with Gasteiger partial charge in [0.15, 0.2) is 6.61 Å². The van der Waals surface area contributed by atoms with Gasteiger partial charge in [-0.15, -0.1) is 0 Å². The van der Waals surface area contributed by atoms with Crippen LogP contribution in [0.1, 0.15) is 49.5 Å². The second-order valence-electron chi connectivity index (χ2n) is 8.02. The Labute approximate surface area is 184 Å². The molecule has 9 heteroatoms. The molecule has 2 aromatic rings. The van der Waals surface area contributed by atoms with Gasteiger partial charge < -0.3 is 25.0 Å². The maximum absolute atomic E-state index is 13.8. The molecule has 1 aliphatic rings. The SMILES string of the molecule is C[C@@]1(NC(=O)CCO)C[C@@H](c2ccc(F)cc2)O[C@@H](c2ccc(F)cc2OCC(=O)O)C1. The molecule has 3 atom stereocenters. The van der Waals surface area contributed by atoms with Gasteiger partial charge in [-0.3, -0.25) is 4.79 Å². The quantitative estimate of drug-likeness (QED) is 0.571. The first-order valence-corrected chi connectivity index (χ1v) is 10.2. The summed E-state index contributed by atoms with van der Waals surface area (Å²) in [5, 5.41) is 21.0. The number of aliphatic carboxylic acids is 1. The second kappa shape index (κ2) is 10.1. The summed E-state index contributed by atoms with van der Waals surface area (Å²) in [6, 6.07) is 9.56. The van der Waals surface area contributed by atoms with Crippen molar-refractivity contribution < 1.29 is 38.1 Å². The van der Waals surface area contributed by atoms with E-state index in [1.807, 2.05) is 6.92 Å². The maximum Gasteiger partial charge on any atom is 0.341 e. The molecule has 0 radical (unpaired) electrons. The van der Waals surface area contributed by atoms with Crippen LogP contribution in [0.3, 0.4) is 0 Å². The fraction of sp³-hybridized carbons (Fsp3) is 0.391. The molecule has 0 unspecified atom stereocenters. The molecule has 1 fully saturated rings. The summed E-state index contributed by atoms with van der Waals surface area (Å²) in [5.74, 6) is -2.52. The van der Waals surface area contributed by atoms with Crippen LogP contribution in [-0.4, -0.2) is 40.8 Å². The third kappa shape index (κ3) is 6.02. The topological polar surface area (TPSA) is 105 Å². The van der Waals surface area contributed by atoms with E-state index in [1.165, 1.54) is 24.3 Å². The summed E-state index contributed by atoms with van der Waals surface area (Å²) in [6.45, 7) is 0.874. The van der Waals surface area contributed by atoms with Crippen LogP contribution >= 0.6 is 0 Å². The summed E-state index contributed by atoms with van der Waals surface area (Å²) in [6.07, 6.45) is -0.615. The number of halogens is 2. The van der Waals surface area contributed by atoms with Gasteiger partial charge in [-0.25, -0.2) is 13.6 Å². The lowest BCUT2D eigenvalue weighted by molar-refractivity contribution is -0.139. The van der Waals surface area contributed by atoms with Crippen molar-refractivity contribution in [2.24, 2.45) is 0 Å². The Morgan fingerprint density at radius 1 is 1.12 bits per heavy atom. The van der Waals surface area contributed by atoms with Crippen molar-refractivity contribution in [3.63, 3.8) is 0 Å². The first-order valence-electron chi connectivity index (χ1n) is 10.2. The van der Waals surface area contributed by atoms with Gasteiger partial charge in [-0.05, 0) is 36.8 Å². The van der Waals surface area contributed by atoms with E-state index in [9.17, 15) is 18.4 Å². The summed E-state index contributed by atoms with van der Waals surface area (Å²) in [5.41, 5.74) is 0.350. The Hall–Kier alpha value is -3.04. The highest BCUT2D eigenvalue weighted by molar-refractivity contribution is 5.76. The van der Waals surface area contributed by atoms with Gasteiger partial charge in [-0.2, -0.15) is 0 Å². The Bertz CT molecular complexity index is 967. The first kappa shape index (κ1) is 23.6. The van der Waals surface area contributed by atoms with Crippen LogP contribution in [-0.2, 0) is 14.3 Å². The van der Waals surface area contributed by atoms with E-state index in [0.717, 1.165) is 6.07 Å². The third-order valence-electron chi connectivity index (χ3n) is 5.30. The number of aliphatic hydroxyl groups is 1. The van der Waals surface area contributed by atoms with Gasteiger partial charge in [0, 0.05) is 36.4 Å². The predicted octanol–water partition coefficient (Wildman–Crippen LogP) is 3.28. The normalized spacial score (nSPS) is 22.9. The van der Waals surface area contributed by atoms with E-state index in [2.05, 4.69) is 5.32 Å². The molecule has 1 amide bonds. The van der Waals surface area contributed by atoms with E-state index >= 15 is 0 Å². The fourth-order valence-corrected chi connectivity index (χ4v) is 3.89. The Morgan fingerprint density at radius 2 is 1.78 bits per heavy atom. The molecule has 0 saturated carbocycles. The number of carbonyl (C=O) groups excluding carboxylic acids is 1. The number of carboxylic acids is 1. The number of nitrogens with one attached hydrogen (secondary N) is 1. The minimum Gasteiger partial charge on any atom is -0.481 e. The number of hydrogen-bond donors (Lipinski definition) is 3. The van der Waals surface area contributed by atoms with E-state index in [0.29, 0.717) is 17.5 Å². The molecule has 0 aliphatic carbocycles. The lowest BCUT2D eigenvalue weighted by Crippen LogP contribution is -2.51. The average Bonchev–Trinajstić information content (AvgIpc) is 2.72. The van der Waals surface area contributed by atoms with Crippen molar-refractivity contribution in [2.75, 3.05) is 13.2 Å². The molecule has 2 aromatic carbocycles. The highest BCUT2D eigenvalue weighted by Crippen LogP contribution is 2.45. The first-order chi connectivity index (χ1) is 15.2. The van der Waals surface area contributed by atoms with Crippen LogP contribution in [0.5, 0.6) is 5.75 Å². The van der Waals surface area contributed by atoms with Crippen LogP contribution in [0.15, 0.2) is 42.5 Å². The molecule has 7 nitrogen and oxygen atoms in total. The zero-order valence-electron chi connectivity index (χ0n) is 17.5. The van der Waals surface area contributed by atoms with E-state index in [4.69, 9.17) is 19.7 Å². The van der Waals surface area contributed by atoms with Crippen molar-refractivity contribution in [3.8, 4) is 5.75 Å². The molecule has 3 N–H and O–H groups in total. The Kier molecular flexibility index (Phi) is 7.42. The van der Waals surface area contributed by atoms with Crippen LogP contribution in [0.25, 0.3) is 0 Å². The van der Waals surface area contributed by atoms with E-state index in [1.54, 1.807) is 12.1 Å². The van der Waals surface area contributed by atoms with Crippen LogP contribution in [0, 0.1) is 11.6 Å². The largest absolute Gasteiger partial charge is 0.481 e. The zero-order chi connectivity index (χ0) is 23.3. The van der Waals surface area contributed by atoms with Crippen LogP contribution in [0.4, 0.5) is 8.78 Å². The summed E-state index contributed by atoms with van der Waals surface area (Å²) >= 11 is 0. The zero-order valence-corrected chi connectivity index (χ0v) is 17.5. The van der Waals surface area contributed by atoms with Gasteiger partial charge >= 0.3 is 5.97 Å². The Morgan fingerprint density at radius 3 is 2.44 bits per heavy atom. The van der Waals surface area contributed by atoms with Gasteiger partial charge in [0.1, 0.15) is 17.4 Å². The van der Waals surface area contributed by atoms with Gasteiger partial charge in [0.25, 0.3) is 0 Å². The molecule has 0 spiro atoms. The molecular weight excluding hydrogens is 424 g/mol. The highest BCUT2D eigenvalue weighted by atomic mass is 19.1. The molecule has 0 bridgehead atoms. The van der Waals surface area contributed by atoms with Gasteiger partial charge in [0.2, 0.25) is 5.91 Å². The number of carbonyl (C=O) groups is 2. The van der Waals surface area contributed by atoms with E-state index in [-0.39, 0.29) is 31.1 Å². The Balaban J connectivity index is 1.96. The van der Waals surface area contributed by atoms with Crippen molar-refractivity contribution in [1.29, 1.82) is 0 Å². The number of benzene rings is 2. The van der Waals surface area contributed by atoms with Crippen molar-refractivity contribution in [3.05, 3.63) is 65.2 Å². The van der Waals surface area contributed by atoms with Crippen molar-refractivity contribution in [1.82, 2.24) is 5.32 Å². The summed E-state index contributed by atoms with van der Waals surface area (Å²) in [7, 11) is 0. The number of rotatable bonds is 8. The van der Waals surface area contributed by atoms with Gasteiger partial charge in [0.05, 0.1) is 18.8 Å². The number of hydrogen-bond acceptors (Lipinski definition) is 5. The number of carboxylic acid groups (broad SMARTS) is 1. The lowest BCUT2D eigenvalue weighted by atomic mass is 9.81. The minimum atomic E-state index is -1.21. The fourth-order valence-electron chi connectivity index (χ4n) is 3.89. The summed E-state index contributed by atoms with van der Waals surface area (Å²) in [4.78, 5) is 23.2. The molecule has 32 heavy (non-hydrogen) atoms.